The monoisotopic (exact) mass is 276 g/mol. The number of aromatic nitrogens is 1. The highest BCUT2D eigenvalue weighted by Gasteiger charge is 2.48. The van der Waals surface area contributed by atoms with Gasteiger partial charge in [0, 0.05) is 17.1 Å². The molecule has 19 heavy (non-hydrogen) atoms. The van der Waals surface area contributed by atoms with E-state index in [1.807, 2.05) is 11.3 Å². The first-order chi connectivity index (χ1) is 9.19. The zero-order valence-electron chi connectivity index (χ0n) is 11.9. The molecule has 1 heterocycles. The predicted octanol–water partition coefficient (Wildman–Crippen LogP) is 4.50. The van der Waals surface area contributed by atoms with Crippen molar-refractivity contribution in [2.24, 2.45) is 23.7 Å². The van der Waals surface area contributed by atoms with E-state index in [1.54, 1.807) is 0 Å². The summed E-state index contributed by atoms with van der Waals surface area (Å²) in [6.45, 7) is 4.50. The summed E-state index contributed by atoms with van der Waals surface area (Å²) in [6.07, 6.45) is 9.52. The van der Waals surface area contributed by atoms with Gasteiger partial charge in [0.05, 0.1) is 0 Å². The predicted molar refractivity (Wildman–Crippen MR) is 80.7 cm³/mol. The van der Waals surface area contributed by atoms with Crippen molar-refractivity contribution in [3.05, 3.63) is 11.1 Å². The molecule has 0 spiro atoms. The molecule has 0 radical (unpaired) electrons. The fraction of sp³-hybridized carbons (Fsp3) is 0.812. The molecular weight excluding hydrogens is 252 g/mol. The molecule has 4 bridgehead atoms. The van der Waals surface area contributed by atoms with Crippen LogP contribution in [0.1, 0.15) is 56.7 Å². The Morgan fingerprint density at radius 1 is 1.11 bits per heavy atom. The Kier molecular flexibility index (Phi) is 2.87. The maximum absolute atomic E-state index is 4.60. The molecule has 0 aliphatic heterocycles. The molecule has 0 unspecified atom stereocenters. The zero-order valence-corrected chi connectivity index (χ0v) is 12.7. The van der Waals surface area contributed by atoms with Crippen molar-refractivity contribution in [1.29, 1.82) is 0 Å². The topological polar surface area (TPSA) is 24.9 Å². The lowest BCUT2D eigenvalue weighted by molar-refractivity contribution is 0.00753. The van der Waals surface area contributed by atoms with Crippen LogP contribution in [0.2, 0.25) is 0 Å². The fourth-order valence-corrected chi connectivity index (χ4v) is 5.79. The minimum atomic E-state index is 0.603. The van der Waals surface area contributed by atoms with Gasteiger partial charge in [-0.2, -0.15) is 0 Å². The molecule has 0 atom stereocenters. The molecule has 2 nitrogen and oxygen atoms in total. The maximum Gasteiger partial charge on any atom is 0.183 e. The van der Waals surface area contributed by atoms with Gasteiger partial charge in [-0.15, -0.1) is 11.3 Å². The van der Waals surface area contributed by atoms with Crippen molar-refractivity contribution in [2.75, 3.05) is 5.32 Å². The van der Waals surface area contributed by atoms with Gasteiger partial charge in [-0.1, -0.05) is 13.8 Å². The van der Waals surface area contributed by atoms with Crippen LogP contribution in [0, 0.1) is 23.7 Å². The van der Waals surface area contributed by atoms with Crippen molar-refractivity contribution >= 4 is 16.5 Å². The molecule has 1 aromatic rings. The molecule has 0 amide bonds. The van der Waals surface area contributed by atoms with E-state index in [9.17, 15) is 0 Å². The molecule has 1 aromatic heterocycles. The quantitative estimate of drug-likeness (QED) is 0.879. The second kappa shape index (κ2) is 4.47. The molecule has 0 aromatic carbocycles. The van der Waals surface area contributed by atoms with E-state index in [0.29, 0.717) is 5.92 Å². The summed E-state index contributed by atoms with van der Waals surface area (Å²) >= 11 is 1.86. The molecule has 4 aliphatic rings. The Balaban J connectivity index is 1.50. The number of nitrogens with one attached hydrogen (secondary N) is 1. The van der Waals surface area contributed by atoms with Gasteiger partial charge in [-0.05, 0) is 61.7 Å². The normalized spacial score (nSPS) is 40.1. The van der Waals surface area contributed by atoms with E-state index >= 15 is 0 Å². The first kappa shape index (κ1) is 12.2. The van der Waals surface area contributed by atoms with E-state index in [4.69, 9.17) is 0 Å². The van der Waals surface area contributed by atoms with Crippen molar-refractivity contribution in [2.45, 2.75) is 57.9 Å². The molecule has 104 valence electrons. The molecule has 4 saturated carbocycles. The molecular formula is C16H24N2S. The third-order valence-electron chi connectivity index (χ3n) is 5.61. The van der Waals surface area contributed by atoms with Crippen molar-refractivity contribution in [1.82, 2.24) is 4.98 Å². The van der Waals surface area contributed by atoms with Crippen LogP contribution in [0.4, 0.5) is 5.13 Å². The second-order valence-corrected chi connectivity index (χ2v) is 8.39. The summed E-state index contributed by atoms with van der Waals surface area (Å²) in [6, 6.07) is 0.721. The molecule has 4 aliphatic carbocycles. The van der Waals surface area contributed by atoms with Crippen LogP contribution in [0.15, 0.2) is 6.20 Å². The van der Waals surface area contributed by atoms with Crippen LogP contribution < -0.4 is 5.32 Å². The number of hydrogen-bond acceptors (Lipinski definition) is 3. The second-order valence-electron chi connectivity index (χ2n) is 7.32. The van der Waals surface area contributed by atoms with Gasteiger partial charge in [0.25, 0.3) is 0 Å². The minimum absolute atomic E-state index is 0.603. The lowest BCUT2D eigenvalue weighted by Crippen LogP contribution is -2.51. The number of thiazole rings is 1. The van der Waals surface area contributed by atoms with Crippen LogP contribution in [0.5, 0.6) is 0 Å². The average Bonchev–Trinajstić information content (AvgIpc) is 2.81. The Hall–Kier alpha value is -0.570. The Morgan fingerprint density at radius 2 is 1.74 bits per heavy atom. The third kappa shape index (κ3) is 2.10. The van der Waals surface area contributed by atoms with Crippen molar-refractivity contribution in [3.63, 3.8) is 0 Å². The third-order valence-corrected chi connectivity index (χ3v) is 6.84. The molecule has 4 fully saturated rings. The number of hydrogen-bond donors (Lipinski definition) is 1. The van der Waals surface area contributed by atoms with Crippen molar-refractivity contribution < 1.29 is 0 Å². The van der Waals surface area contributed by atoms with Gasteiger partial charge in [-0.25, -0.2) is 4.98 Å². The Labute approximate surface area is 120 Å². The molecule has 5 rings (SSSR count). The summed E-state index contributed by atoms with van der Waals surface area (Å²) in [5.74, 6) is 4.59. The van der Waals surface area contributed by atoms with E-state index in [2.05, 4.69) is 30.3 Å². The van der Waals surface area contributed by atoms with Gasteiger partial charge in [0.2, 0.25) is 0 Å². The lowest BCUT2D eigenvalue weighted by atomic mass is 9.54. The van der Waals surface area contributed by atoms with Crippen LogP contribution in [-0.2, 0) is 0 Å². The summed E-state index contributed by atoms with van der Waals surface area (Å²) in [7, 11) is 0. The number of anilines is 1. The summed E-state index contributed by atoms with van der Waals surface area (Å²) < 4.78 is 0. The number of rotatable bonds is 3. The van der Waals surface area contributed by atoms with Crippen LogP contribution in [0.25, 0.3) is 0 Å². The molecule has 0 saturated heterocycles. The van der Waals surface area contributed by atoms with Gasteiger partial charge in [0.1, 0.15) is 0 Å². The van der Waals surface area contributed by atoms with Gasteiger partial charge in [0.15, 0.2) is 5.13 Å². The zero-order chi connectivity index (χ0) is 13.0. The first-order valence-electron chi connectivity index (χ1n) is 7.91. The van der Waals surface area contributed by atoms with Gasteiger partial charge < -0.3 is 5.32 Å². The highest BCUT2D eigenvalue weighted by Crippen LogP contribution is 2.54. The molecule has 1 N–H and O–H groups in total. The van der Waals surface area contributed by atoms with Crippen LogP contribution in [-0.4, -0.2) is 11.0 Å². The smallest absolute Gasteiger partial charge is 0.183 e. The molecule has 3 heteroatoms. The summed E-state index contributed by atoms with van der Waals surface area (Å²) in [5, 5.41) is 4.97. The Morgan fingerprint density at radius 3 is 2.26 bits per heavy atom. The van der Waals surface area contributed by atoms with Crippen LogP contribution >= 0.6 is 11.3 Å². The van der Waals surface area contributed by atoms with Gasteiger partial charge in [-0.3, -0.25) is 0 Å². The van der Waals surface area contributed by atoms with E-state index in [0.717, 1.165) is 29.7 Å². The van der Waals surface area contributed by atoms with E-state index < -0.39 is 0 Å². The van der Waals surface area contributed by atoms with Gasteiger partial charge >= 0.3 is 0 Å². The van der Waals surface area contributed by atoms with E-state index in [-0.39, 0.29) is 0 Å². The largest absolute Gasteiger partial charge is 0.358 e. The minimum Gasteiger partial charge on any atom is -0.358 e. The summed E-state index contributed by atoms with van der Waals surface area (Å²) in [4.78, 5) is 6.01. The standard InChI is InChI=1S/C16H24N2S/c1-9(2)14-8-17-16(19-14)18-15-12-4-10-3-11(6-12)7-13(15)5-10/h8-13,15H,3-7H2,1-2H3,(H,17,18). The van der Waals surface area contributed by atoms with E-state index in [1.165, 1.54) is 42.1 Å². The fourth-order valence-electron chi connectivity index (χ4n) is 4.92. The first-order valence-corrected chi connectivity index (χ1v) is 8.73. The maximum atomic E-state index is 4.60. The summed E-state index contributed by atoms with van der Waals surface area (Å²) in [5.41, 5.74) is 0. The van der Waals surface area contributed by atoms with Crippen LogP contribution in [0.3, 0.4) is 0 Å². The average molecular weight is 276 g/mol. The lowest BCUT2D eigenvalue weighted by Gasteiger charge is -2.54. The van der Waals surface area contributed by atoms with Crippen molar-refractivity contribution in [3.8, 4) is 0 Å². The SMILES string of the molecule is CC(C)c1cnc(NC2C3CC4CC(C3)CC2C4)s1. The highest BCUT2D eigenvalue weighted by atomic mass is 32.1. The highest BCUT2D eigenvalue weighted by molar-refractivity contribution is 7.15. The number of nitrogens with zero attached hydrogens (tertiary/aromatic N) is 1. The Bertz CT molecular complexity index is 437.